The summed E-state index contributed by atoms with van der Waals surface area (Å²) in [5, 5.41) is 7.72. The molecule has 1 atom stereocenters. The van der Waals surface area contributed by atoms with Crippen molar-refractivity contribution in [1.29, 1.82) is 0 Å². The Hall–Kier alpha value is -3.69. The van der Waals surface area contributed by atoms with Gasteiger partial charge in [0.25, 0.3) is 0 Å². The third-order valence-electron chi connectivity index (χ3n) is 6.76. The number of halogens is 2. The highest BCUT2D eigenvalue weighted by atomic mass is 19.3. The minimum absolute atomic E-state index is 0.0120. The molecule has 8 nitrogen and oxygen atoms in total. The van der Waals surface area contributed by atoms with Gasteiger partial charge in [-0.1, -0.05) is 30.3 Å². The molecule has 5 rings (SSSR count). The SMILES string of the molecule is O=C(Cc1nnc[nH]1)N1CCN(c2ccc(OC(F)F)c(OC3CCC3)c2)C[C@@H]1Cc1ccccc1. The monoisotopic (exact) mass is 497 g/mol. The molecule has 1 aliphatic carbocycles. The van der Waals surface area contributed by atoms with Gasteiger partial charge in [-0.3, -0.25) is 4.79 Å². The molecule has 10 heteroatoms. The molecule has 2 aromatic carbocycles. The molecule has 36 heavy (non-hydrogen) atoms. The Balaban J connectivity index is 1.36. The highest BCUT2D eigenvalue weighted by molar-refractivity contribution is 5.78. The number of hydrogen-bond donors (Lipinski definition) is 1. The number of aromatic amines is 1. The number of nitrogens with zero attached hydrogens (tertiary/aromatic N) is 4. The Labute approximate surface area is 208 Å². The van der Waals surface area contributed by atoms with Gasteiger partial charge in [0.05, 0.1) is 18.6 Å². The number of rotatable bonds is 9. The fraction of sp³-hybridized carbons (Fsp3) is 0.423. The van der Waals surface area contributed by atoms with Crippen molar-refractivity contribution in [3.05, 3.63) is 66.2 Å². The maximum Gasteiger partial charge on any atom is 0.387 e. The van der Waals surface area contributed by atoms with Crippen LogP contribution in [0.3, 0.4) is 0 Å². The van der Waals surface area contributed by atoms with E-state index in [1.54, 1.807) is 18.2 Å². The van der Waals surface area contributed by atoms with Gasteiger partial charge in [-0.2, -0.15) is 8.78 Å². The Morgan fingerprint density at radius 1 is 1.11 bits per heavy atom. The van der Waals surface area contributed by atoms with Crippen LogP contribution in [0.25, 0.3) is 0 Å². The zero-order valence-electron chi connectivity index (χ0n) is 19.9. The summed E-state index contributed by atoms with van der Waals surface area (Å²) in [4.78, 5) is 20.2. The van der Waals surface area contributed by atoms with Gasteiger partial charge < -0.3 is 24.3 Å². The van der Waals surface area contributed by atoms with Crippen LogP contribution >= 0.6 is 0 Å². The Morgan fingerprint density at radius 2 is 1.94 bits per heavy atom. The van der Waals surface area contributed by atoms with E-state index in [-0.39, 0.29) is 30.2 Å². The first kappa shape index (κ1) is 24.0. The molecule has 1 aromatic heterocycles. The molecule has 0 unspecified atom stereocenters. The van der Waals surface area contributed by atoms with Crippen molar-refractivity contribution < 1.29 is 23.0 Å². The van der Waals surface area contributed by atoms with Crippen LogP contribution < -0.4 is 14.4 Å². The highest BCUT2D eigenvalue weighted by Gasteiger charge is 2.32. The topological polar surface area (TPSA) is 83.6 Å². The lowest BCUT2D eigenvalue weighted by Crippen LogP contribution is -2.56. The van der Waals surface area contributed by atoms with Crippen molar-refractivity contribution in [3.63, 3.8) is 0 Å². The van der Waals surface area contributed by atoms with E-state index in [9.17, 15) is 13.6 Å². The number of aromatic nitrogens is 3. The second kappa shape index (κ2) is 10.9. The average molecular weight is 498 g/mol. The summed E-state index contributed by atoms with van der Waals surface area (Å²) >= 11 is 0. The molecule has 1 N–H and O–H groups in total. The van der Waals surface area contributed by atoms with Crippen LogP contribution in [-0.4, -0.2) is 64.4 Å². The maximum atomic E-state index is 13.2. The lowest BCUT2D eigenvalue weighted by atomic mass is 9.96. The predicted octanol–water partition coefficient (Wildman–Crippen LogP) is 3.84. The van der Waals surface area contributed by atoms with Crippen molar-refractivity contribution in [2.24, 2.45) is 0 Å². The van der Waals surface area contributed by atoms with Gasteiger partial charge in [-0.05, 0) is 43.4 Å². The third-order valence-corrected chi connectivity index (χ3v) is 6.76. The smallest absolute Gasteiger partial charge is 0.387 e. The molecule has 2 fully saturated rings. The van der Waals surface area contributed by atoms with E-state index in [1.165, 1.54) is 6.33 Å². The second-order valence-electron chi connectivity index (χ2n) is 9.17. The minimum Gasteiger partial charge on any atom is -0.486 e. The molecule has 0 bridgehead atoms. The minimum atomic E-state index is -2.92. The number of alkyl halides is 2. The van der Waals surface area contributed by atoms with Gasteiger partial charge in [0, 0.05) is 31.4 Å². The van der Waals surface area contributed by atoms with E-state index in [0.29, 0.717) is 37.6 Å². The van der Waals surface area contributed by atoms with Crippen molar-refractivity contribution >= 4 is 11.6 Å². The summed E-state index contributed by atoms with van der Waals surface area (Å²) in [6, 6.07) is 15.1. The van der Waals surface area contributed by atoms with Gasteiger partial charge in [0.1, 0.15) is 12.2 Å². The van der Waals surface area contributed by atoms with E-state index < -0.39 is 6.61 Å². The number of ether oxygens (including phenoxy) is 2. The van der Waals surface area contributed by atoms with Gasteiger partial charge >= 0.3 is 6.61 Å². The standard InChI is InChI=1S/C26H29F2N5O3/c27-26(28)36-22-10-9-19(14-23(22)35-21-7-4-8-21)32-11-12-33(25(34)15-24-29-17-30-31-24)20(16-32)13-18-5-2-1-3-6-18/h1-3,5-6,9-10,14,17,20-21,26H,4,7-8,11-13,15-16H2,(H,29,30,31)/t20-/m0/s1. The molecule has 1 amide bonds. The molecule has 0 spiro atoms. The summed E-state index contributed by atoms with van der Waals surface area (Å²) in [6.45, 7) is -1.20. The molecular formula is C26H29F2N5O3. The summed E-state index contributed by atoms with van der Waals surface area (Å²) < 4.78 is 36.6. The maximum absolute atomic E-state index is 13.2. The number of nitrogens with one attached hydrogen (secondary N) is 1. The normalized spacial score (nSPS) is 18.2. The van der Waals surface area contributed by atoms with Crippen LogP contribution in [0.1, 0.15) is 30.7 Å². The van der Waals surface area contributed by atoms with Gasteiger partial charge in [0.15, 0.2) is 11.5 Å². The first-order chi connectivity index (χ1) is 17.5. The van der Waals surface area contributed by atoms with Crippen LogP contribution in [0.5, 0.6) is 11.5 Å². The number of carbonyl (C=O) groups is 1. The van der Waals surface area contributed by atoms with Crippen LogP contribution in [-0.2, 0) is 17.6 Å². The summed E-state index contributed by atoms with van der Waals surface area (Å²) in [7, 11) is 0. The Morgan fingerprint density at radius 3 is 2.64 bits per heavy atom. The van der Waals surface area contributed by atoms with Gasteiger partial charge in [-0.25, -0.2) is 0 Å². The third kappa shape index (κ3) is 5.75. The van der Waals surface area contributed by atoms with Gasteiger partial charge in [-0.15, -0.1) is 10.2 Å². The fourth-order valence-electron chi connectivity index (χ4n) is 4.69. The predicted molar refractivity (Wildman–Crippen MR) is 129 cm³/mol. The molecule has 1 aliphatic heterocycles. The van der Waals surface area contributed by atoms with Crippen molar-refractivity contribution in [1.82, 2.24) is 20.1 Å². The van der Waals surface area contributed by atoms with E-state index in [2.05, 4.69) is 32.2 Å². The quantitative estimate of drug-likeness (QED) is 0.484. The summed E-state index contributed by atoms with van der Waals surface area (Å²) in [5.74, 6) is 0.901. The van der Waals surface area contributed by atoms with Crippen LogP contribution in [0.15, 0.2) is 54.9 Å². The fourth-order valence-corrected chi connectivity index (χ4v) is 4.69. The molecule has 1 saturated carbocycles. The van der Waals surface area contributed by atoms with Crippen molar-refractivity contribution in [2.75, 3.05) is 24.5 Å². The molecule has 3 aromatic rings. The van der Waals surface area contributed by atoms with Gasteiger partial charge in [0.2, 0.25) is 5.91 Å². The zero-order valence-corrected chi connectivity index (χ0v) is 19.9. The van der Waals surface area contributed by atoms with E-state index in [1.807, 2.05) is 23.1 Å². The number of hydrogen-bond acceptors (Lipinski definition) is 6. The lowest BCUT2D eigenvalue weighted by Gasteiger charge is -2.43. The van der Waals surface area contributed by atoms with Crippen LogP contribution in [0.2, 0.25) is 0 Å². The molecule has 190 valence electrons. The highest BCUT2D eigenvalue weighted by Crippen LogP contribution is 2.37. The molecule has 1 saturated heterocycles. The number of H-pyrrole nitrogens is 1. The van der Waals surface area contributed by atoms with Crippen molar-refractivity contribution in [2.45, 2.75) is 50.9 Å². The number of piperazine rings is 1. The lowest BCUT2D eigenvalue weighted by molar-refractivity contribution is -0.133. The Kier molecular flexibility index (Phi) is 7.29. The summed E-state index contributed by atoms with van der Waals surface area (Å²) in [6.07, 6.45) is 5.22. The summed E-state index contributed by atoms with van der Waals surface area (Å²) in [5.41, 5.74) is 1.99. The van der Waals surface area contributed by atoms with E-state index >= 15 is 0 Å². The number of benzene rings is 2. The number of carbonyl (C=O) groups excluding carboxylic acids is 1. The molecule has 2 heterocycles. The van der Waals surface area contributed by atoms with Crippen LogP contribution in [0, 0.1) is 0 Å². The molecule has 0 radical (unpaired) electrons. The Bertz CT molecular complexity index is 1140. The first-order valence-electron chi connectivity index (χ1n) is 12.2. The second-order valence-corrected chi connectivity index (χ2v) is 9.17. The van der Waals surface area contributed by atoms with Crippen LogP contribution in [0.4, 0.5) is 14.5 Å². The van der Waals surface area contributed by atoms with E-state index in [0.717, 1.165) is 30.5 Å². The van der Waals surface area contributed by atoms with Crippen molar-refractivity contribution in [3.8, 4) is 11.5 Å². The number of amides is 1. The largest absolute Gasteiger partial charge is 0.486 e. The van der Waals surface area contributed by atoms with E-state index in [4.69, 9.17) is 9.47 Å². The zero-order chi connectivity index (χ0) is 24.9. The average Bonchev–Trinajstić information content (AvgIpc) is 3.35. The molecular weight excluding hydrogens is 468 g/mol. The first-order valence-corrected chi connectivity index (χ1v) is 12.2. The number of anilines is 1. The molecule has 2 aliphatic rings.